The Labute approximate surface area is 172 Å². The standard InChI is InChI=1S/C20H18N2O4S2/c1-25-19(24)16(21)10-12-2-6-14(7-3-12)26-15-8-4-13(5-9-15)11-17-18(23)22-20(27)28-17/h2-9,11,16H,10,21H2,1H3,(H,22,23,27)/b17-11+. The van der Waals surface area contributed by atoms with Crippen molar-refractivity contribution < 1.29 is 19.1 Å². The Morgan fingerprint density at radius 1 is 1.18 bits per heavy atom. The van der Waals surface area contributed by atoms with Gasteiger partial charge < -0.3 is 20.5 Å². The lowest BCUT2D eigenvalue weighted by Gasteiger charge is -2.10. The molecule has 0 radical (unpaired) electrons. The third kappa shape index (κ3) is 5.19. The lowest BCUT2D eigenvalue weighted by Crippen LogP contribution is -2.33. The number of carbonyl (C=O) groups excluding carboxylic acids is 2. The highest BCUT2D eigenvalue weighted by molar-refractivity contribution is 8.26. The second-order valence-electron chi connectivity index (χ2n) is 6.00. The predicted octanol–water partition coefficient (Wildman–Crippen LogP) is 3.01. The molecule has 2 aromatic carbocycles. The average Bonchev–Trinajstić information content (AvgIpc) is 3.01. The predicted molar refractivity (Wildman–Crippen MR) is 113 cm³/mol. The molecule has 6 nitrogen and oxygen atoms in total. The van der Waals surface area contributed by atoms with Gasteiger partial charge in [-0.2, -0.15) is 0 Å². The molecule has 1 fully saturated rings. The van der Waals surface area contributed by atoms with Gasteiger partial charge in [-0.3, -0.25) is 9.59 Å². The van der Waals surface area contributed by atoms with Gasteiger partial charge in [0.25, 0.3) is 5.91 Å². The fraction of sp³-hybridized carbons (Fsp3) is 0.150. The summed E-state index contributed by atoms with van der Waals surface area (Å²) in [6, 6.07) is 14.0. The Kier molecular flexibility index (Phi) is 6.45. The minimum atomic E-state index is -0.687. The monoisotopic (exact) mass is 414 g/mol. The summed E-state index contributed by atoms with van der Waals surface area (Å²) < 4.78 is 10.9. The highest BCUT2D eigenvalue weighted by Crippen LogP contribution is 2.27. The van der Waals surface area contributed by atoms with Crippen LogP contribution in [-0.4, -0.2) is 29.3 Å². The van der Waals surface area contributed by atoms with Crippen molar-refractivity contribution in [2.75, 3.05) is 7.11 Å². The lowest BCUT2D eigenvalue weighted by molar-refractivity contribution is -0.142. The Hall–Kier alpha value is -2.68. The fourth-order valence-electron chi connectivity index (χ4n) is 2.52. The molecule has 2 aromatic rings. The molecule has 0 spiro atoms. The van der Waals surface area contributed by atoms with Crippen LogP contribution in [0.25, 0.3) is 6.08 Å². The van der Waals surface area contributed by atoms with Crippen LogP contribution < -0.4 is 15.8 Å². The molecule has 144 valence electrons. The highest BCUT2D eigenvalue weighted by atomic mass is 32.2. The van der Waals surface area contributed by atoms with Gasteiger partial charge in [0.15, 0.2) is 0 Å². The van der Waals surface area contributed by atoms with E-state index in [-0.39, 0.29) is 5.91 Å². The molecule has 1 unspecified atom stereocenters. The molecule has 3 N–H and O–H groups in total. The highest BCUT2D eigenvalue weighted by Gasteiger charge is 2.21. The van der Waals surface area contributed by atoms with Crippen molar-refractivity contribution in [3.63, 3.8) is 0 Å². The summed E-state index contributed by atoms with van der Waals surface area (Å²) in [6.45, 7) is 0. The van der Waals surface area contributed by atoms with Crippen molar-refractivity contribution >= 4 is 46.3 Å². The number of carbonyl (C=O) groups is 2. The molecule has 3 rings (SSSR count). The molecule has 1 saturated heterocycles. The second-order valence-corrected chi connectivity index (χ2v) is 7.72. The molecule has 0 bridgehead atoms. The molecular formula is C20H18N2O4S2. The van der Waals surface area contributed by atoms with Gasteiger partial charge >= 0.3 is 5.97 Å². The van der Waals surface area contributed by atoms with E-state index in [2.05, 4.69) is 10.1 Å². The second kappa shape index (κ2) is 9.01. The first-order valence-corrected chi connectivity index (χ1v) is 9.62. The van der Waals surface area contributed by atoms with Crippen molar-refractivity contribution in [1.82, 2.24) is 5.32 Å². The van der Waals surface area contributed by atoms with E-state index in [4.69, 9.17) is 22.7 Å². The first kappa shape index (κ1) is 20.1. The van der Waals surface area contributed by atoms with Crippen LogP contribution >= 0.6 is 24.0 Å². The summed E-state index contributed by atoms with van der Waals surface area (Å²) in [7, 11) is 1.32. The zero-order valence-electron chi connectivity index (χ0n) is 15.0. The van der Waals surface area contributed by atoms with Gasteiger partial charge in [0.2, 0.25) is 0 Å². The SMILES string of the molecule is COC(=O)C(N)Cc1ccc(Oc2ccc(/C=C3/SC(=S)NC3=O)cc2)cc1. The van der Waals surface area contributed by atoms with E-state index in [1.807, 2.05) is 48.5 Å². The van der Waals surface area contributed by atoms with Crippen LogP contribution in [0.5, 0.6) is 11.5 Å². The number of hydrogen-bond donors (Lipinski definition) is 2. The van der Waals surface area contributed by atoms with Crippen molar-refractivity contribution in [1.29, 1.82) is 0 Å². The first-order valence-electron chi connectivity index (χ1n) is 8.40. The van der Waals surface area contributed by atoms with E-state index < -0.39 is 12.0 Å². The van der Waals surface area contributed by atoms with Gasteiger partial charge in [-0.05, 0) is 47.9 Å². The molecule has 1 amide bonds. The van der Waals surface area contributed by atoms with Crippen molar-refractivity contribution in [3.8, 4) is 11.5 Å². The third-order valence-corrected chi connectivity index (χ3v) is 5.10. The summed E-state index contributed by atoms with van der Waals surface area (Å²) in [5, 5.41) is 2.59. The van der Waals surface area contributed by atoms with Crippen LogP contribution in [0.4, 0.5) is 0 Å². The van der Waals surface area contributed by atoms with Crippen LogP contribution in [0.1, 0.15) is 11.1 Å². The van der Waals surface area contributed by atoms with Gasteiger partial charge in [-0.25, -0.2) is 0 Å². The van der Waals surface area contributed by atoms with E-state index in [1.54, 1.807) is 6.08 Å². The molecule has 28 heavy (non-hydrogen) atoms. The topological polar surface area (TPSA) is 90.7 Å². The zero-order valence-corrected chi connectivity index (χ0v) is 16.6. The maximum Gasteiger partial charge on any atom is 0.322 e. The number of methoxy groups -OCH3 is 1. The van der Waals surface area contributed by atoms with Crippen molar-refractivity contribution in [2.45, 2.75) is 12.5 Å². The number of nitrogens with two attached hydrogens (primary N) is 1. The van der Waals surface area contributed by atoms with Crippen molar-refractivity contribution in [2.24, 2.45) is 5.73 Å². The largest absolute Gasteiger partial charge is 0.468 e. The van der Waals surface area contributed by atoms with E-state index in [0.29, 0.717) is 27.1 Å². The molecule has 1 aliphatic heterocycles. The lowest BCUT2D eigenvalue weighted by atomic mass is 10.1. The van der Waals surface area contributed by atoms with E-state index in [9.17, 15) is 9.59 Å². The Balaban J connectivity index is 1.61. The minimum absolute atomic E-state index is 0.178. The van der Waals surface area contributed by atoms with Crippen LogP contribution in [0.2, 0.25) is 0 Å². The number of rotatable bonds is 6. The normalized spacial score (nSPS) is 16.0. The smallest absolute Gasteiger partial charge is 0.322 e. The maximum absolute atomic E-state index is 11.7. The van der Waals surface area contributed by atoms with Crippen molar-refractivity contribution in [3.05, 3.63) is 64.6 Å². The molecule has 8 heteroatoms. The average molecular weight is 415 g/mol. The summed E-state index contributed by atoms with van der Waals surface area (Å²) in [4.78, 5) is 23.7. The number of esters is 1. The van der Waals surface area contributed by atoms with Gasteiger partial charge in [-0.15, -0.1) is 0 Å². The molecule has 0 saturated carbocycles. The molecule has 1 heterocycles. The van der Waals surface area contributed by atoms with E-state index in [1.165, 1.54) is 18.9 Å². The third-order valence-electron chi connectivity index (χ3n) is 3.94. The molecule has 1 aliphatic rings. The molecule has 0 aromatic heterocycles. The number of hydrogen-bond acceptors (Lipinski definition) is 7. The number of amides is 1. The Bertz CT molecular complexity index is 924. The summed E-state index contributed by atoms with van der Waals surface area (Å²) in [5.74, 6) is 0.714. The van der Waals surface area contributed by atoms with Gasteiger partial charge in [0, 0.05) is 0 Å². The number of ether oxygens (including phenoxy) is 2. The molecule has 1 atom stereocenters. The summed E-state index contributed by atoms with van der Waals surface area (Å²) in [5.41, 5.74) is 7.56. The van der Waals surface area contributed by atoms with Gasteiger partial charge in [0.05, 0.1) is 12.0 Å². The van der Waals surface area contributed by atoms with Crippen LogP contribution in [0.15, 0.2) is 53.4 Å². The summed E-state index contributed by atoms with van der Waals surface area (Å²) >= 11 is 6.22. The van der Waals surface area contributed by atoms with E-state index >= 15 is 0 Å². The number of thiocarbonyl (C=S) groups is 1. The number of thioether (sulfide) groups is 1. The van der Waals surface area contributed by atoms with Gasteiger partial charge in [-0.1, -0.05) is 48.2 Å². The van der Waals surface area contributed by atoms with Crippen LogP contribution in [0, 0.1) is 0 Å². The maximum atomic E-state index is 11.7. The number of nitrogens with one attached hydrogen (secondary N) is 1. The number of benzene rings is 2. The Morgan fingerprint density at radius 3 is 2.32 bits per heavy atom. The molecular weight excluding hydrogens is 396 g/mol. The quantitative estimate of drug-likeness (QED) is 0.427. The minimum Gasteiger partial charge on any atom is -0.468 e. The van der Waals surface area contributed by atoms with Gasteiger partial charge in [0.1, 0.15) is 21.9 Å². The fourth-order valence-corrected chi connectivity index (χ4v) is 3.57. The molecule has 0 aliphatic carbocycles. The van der Waals surface area contributed by atoms with Crippen LogP contribution in [-0.2, 0) is 20.7 Å². The zero-order chi connectivity index (χ0) is 20.1. The first-order chi connectivity index (χ1) is 13.4. The summed E-state index contributed by atoms with van der Waals surface area (Å²) in [6.07, 6.45) is 2.17. The van der Waals surface area contributed by atoms with E-state index in [0.717, 1.165) is 11.1 Å². The Morgan fingerprint density at radius 2 is 1.79 bits per heavy atom. The van der Waals surface area contributed by atoms with Crippen LogP contribution in [0.3, 0.4) is 0 Å².